The zero-order valence-corrected chi connectivity index (χ0v) is 23.7. The van der Waals surface area contributed by atoms with E-state index in [1.165, 1.54) is 51.6 Å². The highest BCUT2D eigenvalue weighted by Crippen LogP contribution is 2.39. The molecule has 3 heteroatoms. The summed E-state index contributed by atoms with van der Waals surface area (Å²) in [5.74, 6) is 0. The van der Waals surface area contributed by atoms with Crippen LogP contribution in [0, 0.1) is 0 Å². The summed E-state index contributed by atoms with van der Waals surface area (Å²) in [5, 5.41) is 0. The van der Waals surface area contributed by atoms with Crippen molar-refractivity contribution < 1.29 is 0 Å². The standard InChI is InChI=1S/C36H26S3/c1-3-11-27(12-4-1)33-15-7-9-17-35(33)38-31-23-19-29(20-24-31)37-30-21-25-32(26-22-30)39-36-18-10-8-16-34(36)28-13-5-2-6-14-28/h1-26H. The van der Waals surface area contributed by atoms with Crippen LogP contribution in [0.25, 0.3) is 22.3 Å². The van der Waals surface area contributed by atoms with Crippen LogP contribution >= 0.6 is 35.3 Å². The Bertz CT molecular complexity index is 1520. The van der Waals surface area contributed by atoms with E-state index >= 15 is 0 Å². The Labute approximate surface area is 243 Å². The largest absolute Gasteiger partial charge is 0.0901 e. The van der Waals surface area contributed by atoms with Gasteiger partial charge in [-0.15, -0.1) is 0 Å². The van der Waals surface area contributed by atoms with Crippen LogP contribution in [0.4, 0.5) is 0 Å². The van der Waals surface area contributed by atoms with Gasteiger partial charge in [0.1, 0.15) is 0 Å². The fourth-order valence-corrected chi connectivity index (χ4v) is 7.12. The predicted octanol–water partition coefficient (Wildman–Crippen LogP) is 11.5. The zero-order valence-electron chi connectivity index (χ0n) is 21.2. The van der Waals surface area contributed by atoms with E-state index in [-0.39, 0.29) is 0 Å². The fraction of sp³-hybridized carbons (Fsp3) is 0. The van der Waals surface area contributed by atoms with Gasteiger partial charge in [0.15, 0.2) is 0 Å². The van der Waals surface area contributed by atoms with E-state index in [9.17, 15) is 0 Å². The molecule has 0 aromatic heterocycles. The molecule has 0 N–H and O–H groups in total. The molecule has 0 saturated heterocycles. The predicted molar refractivity (Wildman–Crippen MR) is 169 cm³/mol. The quantitative estimate of drug-likeness (QED) is 0.184. The Morgan fingerprint density at radius 1 is 0.256 bits per heavy atom. The number of rotatable bonds is 8. The molecule has 6 aromatic carbocycles. The second-order valence-electron chi connectivity index (χ2n) is 8.97. The second-order valence-corrected chi connectivity index (χ2v) is 12.4. The number of hydrogen-bond acceptors (Lipinski definition) is 3. The van der Waals surface area contributed by atoms with Crippen molar-refractivity contribution in [3.63, 3.8) is 0 Å². The van der Waals surface area contributed by atoms with Gasteiger partial charge < -0.3 is 0 Å². The van der Waals surface area contributed by atoms with Crippen LogP contribution in [0.2, 0.25) is 0 Å². The van der Waals surface area contributed by atoms with Gasteiger partial charge in [0.05, 0.1) is 0 Å². The minimum Gasteiger partial charge on any atom is -0.0901 e. The Morgan fingerprint density at radius 2 is 0.564 bits per heavy atom. The van der Waals surface area contributed by atoms with Crippen molar-refractivity contribution in [2.75, 3.05) is 0 Å². The summed E-state index contributed by atoms with van der Waals surface area (Å²) < 4.78 is 0. The van der Waals surface area contributed by atoms with Gasteiger partial charge in [-0.2, -0.15) is 0 Å². The van der Waals surface area contributed by atoms with Crippen molar-refractivity contribution in [1.82, 2.24) is 0 Å². The van der Waals surface area contributed by atoms with Crippen LogP contribution in [-0.4, -0.2) is 0 Å². The van der Waals surface area contributed by atoms with Crippen LogP contribution in [-0.2, 0) is 0 Å². The highest BCUT2D eigenvalue weighted by atomic mass is 32.2. The molecule has 6 rings (SSSR count). The maximum absolute atomic E-state index is 2.22. The molecular formula is C36H26S3. The summed E-state index contributed by atoms with van der Waals surface area (Å²) >= 11 is 5.43. The summed E-state index contributed by atoms with van der Waals surface area (Å²) in [6, 6.07) is 56.2. The number of benzene rings is 6. The van der Waals surface area contributed by atoms with Gasteiger partial charge in [0, 0.05) is 29.4 Å². The third kappa shape index (κ3) is 6.51. The average molecular weight is 555 g/mol. The van der Waals surface area contributed by atoms with Gasteiger partial charge in [-0.25, -0.2) is 0 Å². The SMILES string of the molecule is c1ccc(-c2ccccc2Sc2ccc(Sc3ccc(Sc4ccccc4-c4ccccc4)cc3)cc2)cc1. The Kier molecular flexibility index (Phi) is 8.21. The smallest absolute Gasteiger partial charge is 0.0200 e. The maximum atomic E-state index is 2.22. The van der Waals surface area contributed by atoms with Gasteiger partial charge in [-0.3, -0.25) is 0 Å². The lowest BCUT2D eigenvalue weighted by Crippen LogP contribution is -1.83. The van der Waals surface area contributed by atoms with E-state index in [4.69, 9.17) is 0 Å². The second kappa shape index (κ2) is 12.5. The molecule has 0 fully saturated rings. The summed E-state index contributed by atoms with van der Waals surface area (Å²) in [6.45, 7) is 0. The van der Waals surface area contributed by atoms with E-state index < -0.39 is 0 Å². The molecular weight excluding hydrogens is 529 g/mol. The zero-order chi connectivity index (χ0) is 26.3. The molecule has 6 aromatic rings. The van der Waals surface area contributed by atoms with Crippen molar-refractivity contribution >= 4 is 35.3 Å². The molecule has 0 atom stereocenters. The first-order chi connectivity index (χ1) is 19.3. The first-order valence-electron chi connectivity index (χ1n) is 12.8. The normalized spacial score (nSPS) is 10.9. The third-order valence-electron chi connectivity index (χ3n) is 6.28. The molecule has 0 aliphatic rings. The lowest BCUT2D eigenvalue weighted by atomic mass is 10.1. The Balaban J connectivity index is 1.12. The Morgan fingerprint density at radius 3 is 0.949 bits per heavy atom. The van der Waals surface area contributed by atoms with Crippen molar-refractivity contribution in [2.24, 2.45) is 0 Å². The molecule has 0 radical (unpaired) electrons. The van der Waals surface area contributed by atoms with E-state index in [0.717, 1.165) is 0 Å². The molecule has 0 heterocycles. The van der Waals surface area contributed by atoms with Crippen LogP contribution in [0.1, 0.15) is 0 Å². The fourth-order valence-electron chi connectivity index (χ4n) is 4.37. The monoisotopic (exact) mass is 554 g/mol. The first kappa shape index (κ1) is 25.6. The summed E-state index contributed by atoms with van der Waals surface area (Å²) in [5.41, 5.74) is 5.03. The summed E-state index contributed by atoms with van der Waals surface area (Å²) in [6.07, 6.45) is 0. The van der Waals surface area contributed by atoms with Crippen LogP contribution in [0.15, 0.2) is 187 Å². The minimum absolute atomic E-state index is 1.24. The van der Waals surface area contributed by atoms with Crippen LogP contribution in [0.5, 0.6) is 0 Å². The topological polar surface area (TPSA) is 0 Å². The van der Waals surface area contributed by atoms with Crippen LogP contribution in [0.3, 0.4) is 0 Å². The molecule has 0 aliphatic carbocycles. The van der Waals surface area contributed by atoms with Gasteiger partial charge in [0.25, 0.3) is 0 Å². The highest BCUT2D eigenvalue weighted by Gasteiger charge is 2.08. The van der Waals surface area contributed by atoms with E-state index in [0.29, 0.717) is 0 Å². The maximum Gasteiger partial charge on any atom is 0.0200 e. The molecule has 0 aliphatic heterocycles. The van der Waals surface area contributed by atoms with Crippen LogP contribution < -0.4 is 0 Å². The van der Waals surface area contributed by atoms with Crippen molar-refractivity contribution in [1.29, 1.82) is 0 Å². The summed E-state index contributed by atoms with van der Waals surface area (Å²) in [7, 11) is 0. The number of hydrogen-bond donors (Lipinski definition) is 0. The molecule has 0 bridgehead atoms. The molecule has 188 valence electrons. The minimum atomic E-state index is 1.24. The summed E-state index contributed by atoms with van der Waals surface area (Å²) in [4.78, 5) is 7.51. The average Bonchev–Trinajstić information content (AvgIpc) is 3.01. The first-order valence-corrected chi connectivity index (χ1v) is 15.3. The van der Waals surface area contributed by atoms with Gasteiger partial charge in [-0.05, 0) is 82.9 Å². The van der Waals surface area contributed by atoms with Gasteiger partial charge >= 0.3 is 0 Å². The molecule has 0 saturated carbocycles. The van der Waals surface area contributed by atoms with E-state index in [1.54, 1.807) is 11.8 Å². The van der Waals surface area contributed by atoms with E-state index in [2.05, 4.69) is 158 Å². The molecule has 39 heavy (non-hydrogen) atoms. The van der Waals surface area contributed by atoms with Gasteiger partial charge in [-0.1, -0.05) is 132 Å². The lowest BCUT2D eigenvalue weighted by molar-refractivity contribution is 1.31. The van der Waals surface area contributed by atoms with Crippen molar-refractivity contribution in [3.05, 3.63) is 158 Å². The molecule has 0 amide bonds. The lowest BCUT2D eigenvalue weighted by Gasteiger charge is -2.11. The van der Waals surface area contributed by atoms with Gasteiger partial charge in [0.2, 0.25) is 0 Å². The van der Waals surface area contributed by atoms with E-state index in [1.807, 2.05) is 23.5 Å². The van der Waals surface area contributed by atoms with Crippen molar-refractivity contribution in [2.45, 2.75) is 29.4 Å². The van der Waals surface area contributed by atoms with Crippen molar-refractivity contribution in [3.8, 4) is 22.3 Å². The highest BCUT2D eigenvalue weighted by molar-refractivity contribution is 8.00. The molecule has 0 nitrogen and oxygen atoms in total. The Hall–Kier alpha value is -3.63. The molecule has 0 spiro atoms. The third-order valence-corrected chi connectivity index (χ3v) is 9.47. The molecule has 0 unspecified atom stereocenters.